The molecule has 1 aromatic carbocycles. The minimum atomic E-state index is -0.602. The van der Waals surface area contributed by atoms with Crippen molar-refractivity contribution in [3.05, 3.63) is 44.7 Å². The van der Waals surface area contributed by atoms with E-state index in [1.807, 2.05) is 0 Å². The van der Waals surface area contributed by atoms with Crippen LogP contribution in [0.5, 0.6) is 5.75 Å². The SMILES string of the molecule is CC1(C)CC(Nc2ncnc(NNC(=O)COc3ccc(Cl)cc3Cl)c2[N+](=O)[O-])CC(C)(C)N1. The lowest BCUT2D eigenvalue weighted by atomic mass is 9.79. The van der Waals surface area contributed by atoms with Crippen LogP contribution in [0.15, 0.2) is 24.5 Å². The number of ether oxygens (including phenoxy) is 1. The fourth-order valence-electron chi connectivity index (χ4n) is 4.27. The van der Waals surface area contributed by atoms with Crippen LogP contribution in [0.1, 0.15) is 40.5 Å². The summed E-state index contributed by atoms with van der Waals surface area (Å²) >= 11 is 11.8. The van der Waals surface area contributed by atoms with Gasteiger partial charge in [-0.15, -0.1) is 0 Å². The maximum Gasteiger partial charge on any atom is 0.354 e. The predicted octanol–water partition coefficient (Wildman–Crippen LogP) is 3.93. The summed E-state index contributed by atoms with van der Waals surface area (Å²) in [5.41, 5.74) is 4.12. The van der Waals surface area contributed by atoms with Crippen molar-refractivity contribution in [2.24, 2.45) is 0 Å². The minimum Gasteiger partial charge on any atom is -0.482 e. The third-order valence-electron chi connectivity index (χ3n) is 5.11. The normalized spacial score (nSPS) is 17.0. The van der Waals surface area contributed by atoms with Gasteiger partial charge >= 0.3 is 5.69 Å². The Hall–Kier alpha value is -2.89. The summed E-state index contributed by atoms with van der Waals surface area (Å²) in [6.45, 7) is 7.94. The first kappa shape index (κ1) is 25.7. The number of nitrogens with one attached hydrogen (secondary N) is 4. The number of hydrazine groups is 1. The summed E-state index contributed by atoms with van der Waals surface area (Å²) in [5, 5.41) is 19.3. The van der Waals surface area contributed by atoms with Crippen LogP contribution in [0.3, 0.4) is 0 Å². The highest BCUT2D eigenvalue weighted by Gasteiger charge is 2.38. The molecule has 0 bridgehead atoms. The third-order valence-corrected chi connectivity index (χ3v) is 5.64. The molecule has 2 aromatic rings. The van der Waals surface area contributed by atoms with Crippen molar-refractivity contribution in [3.8, 4) is 5.75 Å². The number of hydrogen-bond acceptors (Lipinski definition) is 9. The summed E-state index contributed by atoms with van der Waals surface area (Å²) in [6, 6.07) is 4.53. The van der Waals surface area contributed by atoms with Crippen molar-refractivity contribution < 1.29 is 14.5 Å². The van der Waals surface area contributed by atoms with Crippen LogP contribution in [-0.4, -0.2) is 44.5 Å². The van der Waals surface area contributed by atoms with Gasteiger partial charge in [0.15, 0.2) is 6.61 Å². The quantitative estimate of drug-likeness (QED) is 0.306. The monoisotopic (exact) mass is 511 g/mol. The Morgan fingerprint density at radius 3 is 2.47 bits per heavy atom. The Morgan fingerprint density at radius 2 is 1.85 bits per heavy atom. The van der Waals surface area contributed by atoms with E-state index in [9.17, 15) is 14.9 Å². The van der Waals surface area contributed by atoms with Gasteiger partial charge in [-0.1, -0.05) is 23.2 Å². The van der Waals surface area contributed by atoms with Crippen molar-refractivity contribution >= 4 is 46.4 Å². The molecule has 0 aliphatic carbocycles. The number of piperidine rings is 1. The van der Waals surface area contributed by atoms with E-state index in [0.717, 1.165) is 12.8 Å². The number of carbonyl (C=O) groups excluding carboxylic acids is 1. The number of rotatable bonds is 8. The van der Waals surface area contributed by atoms with Crippen LogP contribution in [-0.2, 0) is 4.79 Å². The molecule has 1 aliphatic heterocycles. The van der Waals surface area contributed by atoms with E-state index in [4.69, 9.17) is 27.9 Å². The molecule has 1 saturated heterocycles. The van der Waals surface area contributed by atoms with Gasteiger partial charge in [0, 0.05) is 22.1 Å². The lowest BCUT2D eigenvalue weighted by Gasteiger charge is -2.46. The average molecular weight is 512 g/mol. The number of hydrogen-bond donors (Lipinski definition) is 4. The Balaban J connectivity index is 1.67. The molecule has 0 unspecified atom stereocenters. The van der Waals surface area contributed by atoms with Crippen molar-refractivity contribution in [2.45, 2.75) is 57.7 Å². The fraction of sp³-hybridized carbons (Fsp3) is 0.476. The molecular weight excluding hydrogens is 485 g/mol. The van der Waals surface area contributed by atoms with Gasteiger partial charge in [-0.3, -0.25) is 25.8 Å². The molecule has 1 fully saturated rings. The van der Waals surface area contributed by atoms with Gasteiger partial charge in [-0.25, -0.2) is 9.97 Å². The molecular formula is C21H27Cl2N7O4. The summed E-state index contributed by atoms with van der Waals surface area (Å²) < 4.78 is 5.36. The summed E-state index contributed by atoms with van der Waals surface area (Å²) in [5.74, 6) is -0.420. The first-order valence-electron chi connectivity index (χ1n) is 10.5. The van der Waals surface area contributed by atoms with Gasteiger partial charge in [-0.2, -0.15) is 0 Å². The summed E-state index contributed by atoms with van der Waals surface area (Å²) in [7, 11) is 0. The van der Waals surface area contributed by atoms with Gasteiger partial charge in [0.05, 0.1) is 9.95 Å². The van der Waals surface area contributed by atoms with Gasteiger partial charge in [-0.05, 0) is 58.7 Å². The number of nitro groups is 1. The van der Waals surface area contributed by atoms with Crippen molar-refractivity contribution in [1.82, 2.24) is 20.7 Å². The van der Waals surface area contributed by atoms with Gasteiger partial charge in [0.2, 0.25) is 11.6 Å². The molecule has 0 atom stereocenters. The Labute approximate surface area is 207 Å². The van der Waals surface area contributed by atoms with Gasteiger partial charge in [0.25, 0.3) is 5.91 Å². The Morgan fingerprint density at radius 1 is 1.21 bits per heavy atom. The van der Waals surface area contributed by atoms with Gasteiger partial charge < -0.3 is 15.4 Å². The summed E-state index contributed by atoms with van der Waals surface area (Å²) in [6.07, 6.45) is 2.66. The number of anilines is 2. The number of halogens is 2. The minimum absolute atomic E-state index is 0.0557. The average Bonchev–Trinajstić information content (AvgIpc) is 2.69. The van der Waals surface area contributed by atoms with Crippen LogP contribution >= 0.6 is 23.2 Å². The highest BCUT2D eigenvalue weighted by molar-refractivity contribution is 6.35. The van der Waals surface area contributed by atoms with Crippen molar-refractivity contribution in [3.63, 3.8) is 0 Å². The molecule has 1 amide bonds. The zero-order valence-corrected chi connectivity index (χ0v) is 20.8. The van der Waals surface area contributed by atoms with Gasteiger partial charge in [0.1, 0.15) is 12.1 Å². The first-order chi connectivity index (χ1) is 15.8. The number of carbonyl (C=O) groups is 1. The number of benzene rings is 1. The van der Waals surface area contributed by atoms with E-state index in [-0.39, 0.29) is 45.2 Å². The second kappa shape index (κ2) is 10.2. The fourth-order valence-corrected chi connectivity index (χ4v) is 4.73. The molecule has 13 heteroatoms. The zero-order valence-electron chi connectivity index (χ0n) is 19.2. The van der Waals surface area contributed by atoms with E-state index >= 15 is 0 Å². The summed E-state index contributed by atoms with van der Waals surface area (Å²) in [4.78, 5) is 31.4. The largest absolute Gasteiger partial charge is 0.482 e. The first-order valence-corrected chi connectivity index (χ1v) is 11.3. The maximum absolute atomic E-state index is 12.2. The highest BCUT2D eigenvalue weighted by Crippen LogP contribution is 2.34. The third kappa shape index (κ3) is 6.81. The van der Waals surface area contributed by atoms with Crippen LogP contribution in [0.25, 0.3) is 0 Å². The molecule has 34 heavy (non-hydrogen) atoms. The number of amides is 1. The number of nitrogens with zero attached hydrogens (tertiary/aromatic N) is 3. The molecule has 1 aliphatic rings. The lowest BCUT2D eigenvalue weighted by Crippen LogP contribution is -2.60. The molecule has 11 nitrogen and oxygen atoms in total. The lowest BCUT2D eigenvalue weighted by molar-refractivity contribution is -0.383. The van der Waals surface area contributed by atoms with Crippen molar-refractivity contribution in [1.29, 1.82) is 0 Å². The highest BCUT2D eigenvalue weighted by atomic mass is 35.5. The van der Waals surface area contributed by atoms with E-state index in [1.54, 1.807) is 6.07 Å². The molecule has 1 aromatic heterocycles. The standard InChI is InChI=1S/C21H27Cl2N7O4/c1-20(2)8-13(9-21(3,4)29-20)26-18-17(30(32)33)19(25-11-24-18)28-27-16(31)10-34-15-6-5-12(22)7-14(15)23/h5-7,11,13,29H,8-10H2,1-4H3,(H,27,31)(H2,24,25,26,28). The molecule has 0 spiro atoms. The van der Waals surface area contributed by atoms with Crippen LogP contribution < -0.4 is 26.2 Å². The van der Waals surface area contributed by atoms with Crippen molar-refractivity contribution in [2.75, 3.05) is 17.3 Å². The zero-order chi connectivity index (χ0) is 25.1. The van der Waals surface area contributed by atoms with Crippen LogP contribution in [0, 0.1) is 10.1 Å². The smallest absolute Gasteiger partial charge is 0.354 e. The second-order valence-electron chi connectivity index (χ2n) is 9.36. The molecule has 4 N–H and O–H groups in total. The molecule has 184 valence electrons. The molecule has 3 rings (SSSR count). The van der Waals surface area contributed by atoms with E-state index in [2.05, 4.69) is 59.1 Å². The molecule has 0 saturated carbocycles. The topological polar surface area (TPSA) is 143 Å². The molecule has 2 heterocycles. The number of aromatic nitrogens is 2. The predicted molar refractivity (Wildman–Crippen MR) is 130 cm³/mol. The van der Waals surface area contributed by atoms with Crippen LogP contribution in [0.2, 0.25) is 10.0 Å². The van der Waals surface area contributed by atoms with E-state index in [1.165, 1.54) is 18.5 Å². The Bertz CT molecular complexity index is 1070. The Kier molecular flexibility index (Phi) is 7.69. The molecule has 0 radical (unpaired) electrons. The van der Waals surface area contributed by atoms with E-state index in [0.29, 0.717) is 5.02 Å². The maximum atomic E-state index is 12.2. The van der Waals surface area contributed by atoms with E-state index < -0.39 is 17.4 Å². The van der Waals surface area contributed by atoms with Crippen LogP contribution in [0.4, 0.5) is 17.3 Å². The second-order valence-corrected chi connectivity index (χ2v) is 10.2.